The summed E-state index contributed by atoms with van der Waals surface area (Å²) in [5.41, 5.74) is -0.215. The fourth-order valence-corrected chi connectivity index (χ4v) is 5.31. The molecule has 2 amide bonds. The Morgan fingerprint density at radius 3 is 1.76 bits per heavy atom. The second-order valence-corrected chi connectivity index (χ2v) is 10.6. The number of ether oxygens (including phenoxy) is 2. The molecular formula is C26H40N2O6. The molecule has 0 unspecified atom stereocenters. The summed E-state index contributed by atoms with van der Waals surface area (Å²) < 4.78 is 11.0. The molecule has 3 rings (SSSR count). The van der Waals surface area contributed by atoms with E-state index in [-0.39, 0.29) is 43.8 Å². The molecule has 0 saturated carbocycles. The van der Waals surface area contributed by atoms with E-state index in [1.165, 1.54) is 0 Å². The summed E-state index contributed by atoms with van der Waals surface area (Å²) in [4.78, 5) is 28.4. The first kappa shape index (κ1) is 26.3. The van der Waals surface area contributed by atoms with E-state index in [1.807, 2.05) is 51.1 Å². The van der Waals surface area contributed by atoms with E-state index < -0.39 is 11.0 Å². The van der Waals surface area contributed by atoms with Crippen LogP contribution in [0.1, 0.15) is 52.0 Å². The number of hydrogen-bond acceptors (Lipinski definition) is 6. The number of piperidine rings is 2. The standard InChI is InChI=1S/C26H40N2O6/c1-25(2,3)34-24(32)28-15-11-22(12-16-28)26(18-29,19-30)21-9-13-27(14-10-21)23(31)33-17-20-7-5-4-6-8-20/h4-8,21-22,29-30H,9-19H2,1-3H3. The minimum Gasteiger partial charge on any atom is -0.445 e. The summed E-state index contributed by atoms with van der Waals surface area (Å²) in [5.74, 6) is 0.196. The third-order valence-corrected chi connectivity index (χ3v) is 7.32. The van der Waals surface area contributed by atoms with Gasteiger partial charge in [-0.15, -0.1) is 0 Å². The van der Waals surface area contributed by atoms with E-state index >= 15 is 0 Å². The minimum atomic E-state index is -0.625. The van der Waals surface area contributed by atoms with Crippen LogP contribution in [0.5, 0.6) is 0 Å². The van der Waals surface area contributed by atoms with Crippen molar-refractivity contribution in [1.82, 2.24) is 9.80 Å². The van der Waals surface area contributed by atoms with Crippen molar-refractivity contribution in [3.63, 3.8) is 0 Å². The second kappa shape index (κ2) is 11.4. The molecule has 0 aliphatic carbocycles. The number of rotatable bonds is 6. The van der Waals surface area contributed by atoms with E-state index in [2.05, 4.69) is 0 Å². The lowest BCUT2D eigenvalue weighted by molar-refractivity contribution is -0.0797. The van der Waals surface area contributed by atoms with E-state index in [0.29, 0.717) is 51.9 Å². The largest absolute Gasteiger partial charge is 0.445 e. The van der Waals surface area contributed by atoms with Crippen LogP contribution in [-0.4, -0.2) is 77.2 Å². The van der Waals surface area contributed by atoms with E-state index in [1.54, 1.807) is 9.80 Å². The molecule has 8 heteroatoms. The van der Waals surface area contributed by atoms with E-state index in [0.717, 1.165) is 5.56 Å². The first-order valence-corrected chi connectivity index (χ1v) is 12.3. The van der Waals surface area contributed by atoms with Gasteiger partial charge in [0.15, 0.2) is 0 Å². The van der Waals surface area contributed by atoms with Crippen molar-refractivity contribution >= 4 is 12.2 Å². The van der Waals surface area contributed by atoms with E-state index in [9.17, 15) is 19.8 Å². The highest BCUT2D eigenvalue weighted by molar-refractivity contribution is 5.68. The number of likely N-dealkylation sites (tertiary alicyclic amines) is 2. The van der Waals surface area contributed by atoms with Gasteiger partial charge in [-0.25, -0.2) is 9.59 Å². The van der Waals surface area contributed by atoms with Crippen LogP contribution in [0.2, 0.25) is 0 Å². The summed E-state index contributed by atoms with van der Waals surface area (Å²) in [6, 6.07) is 9.59. The summed E-state index contributed by atoms with van der Waals surface area (Å²) in [7, 11) is 0. The van der Waals surface area contributed by atoms with Crippen LogP contribution in [0.15, 0.2) is 30.3 Å². The zero-order chi connectivity index (χ0) is 24.8. The summed E-state index contributed by atoms with van der Waals surface area (Å²) >= 11 is 0. The molecule has 2 saturated heterocycles. The number of nitrogens with zero attached hydrogens (tertiary/aromatic N) is 2. The number of aliphatic hydroxyl groups is 2. The average molecular weight is 477 g/mol. The Morgan fingerprint density at radius 2 is 1.32 bits per heavy atom. The lowest BCUT2D eigenvalue weighted by atomic mass is 9.61. The Hall–Kier alpha value is -2.32. The van der Waals surface area contributed by atoms with Crippen molar-refractivity contribution in [1.29, 1.82) is 0 Å². The number of carbonyl (C=O) groups excluding carboxylic acids is 2. The topological polar surface area (TPSA) is 99.5 Å². The molecule has 0 radical (unpaired) electrons. The molecule has 190 valence electrons. The molecule has 2 heterocycles. The Labute approximate surface area is 202 Å². The highest BCUT2D eigenvalue weighted by Gasteiger charge is 2.47. The van der Waals surface area contributed by atoms with Crippen molar-refractivity contribution < 1.29 is 29.3 Å². The fourth-order valence-electron chi connectivity index (χ4n) is 5.31. The Kier molecular flexibility index (Phi) is 8.82. The van der Waals surface area contributed by atoms with Gasteiger partial charge in [0.25, 0.3) is 0 Å². The normalized spacial score (nSPS) is 18.6. The lowest BCUT2D eigenvalue weighted by Crippen LogP contribution is -2.53. The number of benzene rings is 1. The zero-order valence-electron chi connectivity index (χ0n) is 20.7. The molecule has 0 atom stereocenters. The van der Waals surface area contributed by atoms with Crippen molar-refractivity contribution in [3.8, 4) is 0 Å². The van der Waals surface area contributed by atoms with Crippen LogP contribution in [0.4, 0.5) is 9.59 Å². The van der Waals surface area contributed by atoms with Crippen LogP contribution in [0.3, 0.4) is 0 Å². The van der Waals surface area contributed by atoms with Gasteiger partial charge >= 0.3 is 12.2 Å². The van der Waals surface area contributed by atoms with Gasteiger partial charge in [0.05, 0.1) is 13.2 Å². The molecule has 1 aromatic carbocycles. The molecule has 0 aromatic heterocycles. The Balaban J connectivity index is 1.53. The molecular weight excluding hydrogens is 436 g/mol. The highest BCUT2D eigenvalue weighted by atomic mass is 16.6. The van der Waals surface area contributed by atoms with Crippen molar-refractivity contribution in [2.24, 2.45) is 17.3 Å². The molecule has 0 bridgehead atoms. The van der Waals surface area contributed by atoms with Gasteiger partial charge in [0.1, 0.15) is 12.2 Å². The van der Waals surface area contributed by atoms with Gasteiger partial charge in [-0.3, -0.25) is 0 Å². The third kappa shape index (κ3) is 6.42. The molecule has 34 heavy (non-hydrogen) atoms. The fraction of sp³-hybridized carbons (Fsp3) is 0.692. The second-order valence-electron chi connectivity index (χ2n) is 10.6. The van der Waals surface area contributed by atoms with Gasteiger partial charge in [0.2, 0.25) is 0 Å². The quantitative estimate of drug-likeness (QED) is 0.650. The molecule has 2 fully saturated rings. The molecule has 2 N–H and O–H groups in total. The van der Waals surface area contributed by atoms with Gasteiger partial charge in [0, 0.05) is 31.6 Å². The first-order valence-electron chi connectivity index (χ1n) is 12.3. The molecule has 0 spiro atoms. The number of carbonyl (C=O) groups is 2. The predicted molar refractivity (Wildman–Crippen MR) is 128 cm³/mol. The number of aliphatic hydroxyl groups excluding tert-OH is 2. The van der Waals surface area contributed by atoms with Crippen LogP contribution in [0.25, 0.3) is 0 Å². The number of hydrogen-bond donors (Lipinski definition) is 2. The van der Waals surface area contributed by atoms with Crippen LogP contribution >= 0.6 is 0 Å². The lowest BCUT2D eigenvalue weighted by Gasteiger charge is -2.49. The zero-order valence-corrected chi connectivity index (χ0v) is 20.7. The first-order chi connectivity index (χ1) is 16.2. The summed E-state index contributed by atoms with van der Waals surface area (Å²) in [5, 5.41) is 20.8. The maximum Gasteiger partial charge on any atom is 0.410 e. The molecule has 2 aliphatic heterocycles. The van der Waals surface area contributed by atoms with Crippen molar-refractivity contribution in [2.75, 3.05) is 39.4 Å². The van der Waals surface area contributed by atoms with E-state index in [4.69, 9.17) is 9.47 Å². The maximum atomic E-state index is 12.5. The molecule has 2 aliphatic rings. The van der Waals surface area contributed by atoms with Gasteiger partial charge in [-0.1, -0.05) is 30.3 Å². The van der Waals surface area contributed by atoms with Gasteiger partial charge in [-0.05, 0) is 63.9 Å². The van der Waals surface area contributed by atoms with Crippen LogP contribution in [-0.2, 0) is 16.1 Å². The maximum absolute atomic E-state index is 12.5. The third-order valence-electron chi connectivity index (χ3n) is 7.32. The Morgan fingerprint density at radius 1 is 0.853 bits per heavy atom. The summed E-state index contributed by atoms with van der Waals surface area (Å²) in [6.07, 6.45) is 2.18. The van der Waals surface area contributed by atoms with Gasteiger partial charge in [-0.2, -0.15) is 0 Å². The number of amides is 2. The minimum absolute atomic E-state index is 0.0961. The van der Waals surface area contributed by atoms with Crippen molar-refractivity contribution in [3.05, 3.63) is 35.9 Å². The van der Waals surface area contributed by atoms with Crippen LogP contribution < -0.4 is 0 Å². The molecule has 8 nitrogen and oxygen atoms in total. The smallest absolute Gasteiger partial charge is 0.410 e. The average Bonchev–Trinajstić information content (AvgIpc) is 2.84. The monoisotopic (exact) mass is 476 g/mol. The van der Waals surface area contributed by atoms with Crippen molar-refractivity contribution in [2.45, 2.75) is 58.7 Å². The Bertz CT molecular complexity index is 789. The highest BCUT2D eigenvalue weighted by Crippen LogP contribution is 2.45. The summed E-state index contributed by atoms with van der Waals surface area (Å²) in [6.45, 7) is 7.75. The SMILES string of the molecule is CC(C)(C)OC(=O)N1CCC(C(CO)(CO)C2CCN(C(=O)OCc3ccccc3)CC2)CC1. The van der Waals surface area contributed by atoms with Gasteiger partial charge < -0.3 is 29.5 Å². The predicted octanol–water partition coefficient (Wildman–Crippen LogP) is 3.65. The molecule has 1 aromatic rings. The van der Waals surface area contributed by atoms with Crippen LogP contribution in [0, 0.1) is 17.3 Å².